The van der Waals surface area contributed by atoms with E-state index in [2.05, 4.69) is 9.98 Å². The summed E-state index contributed by atoms with van der Waals surface area (Å²) < 4.78 is 30.3. The minimum Gasteiger partial charge on any atom is -0.350 e. The molecule has 39 heavy (non-hydrogen) atoms. The van der Waals surface area contributed by atoms with Gasteiger partial charge in [0.15, 0.2) is 11.6 Å². The number of aryl methyl sites for hydroxylation is 1. The molecule has 3 aromatic rings. The standard InChI is InChI=1S/C30H32ClF2N5O/c1-5-12-35-25(23-10-13-36-28(27(23)33)37-17-30(4,34)18-37)11-14-38-20(3)16-24(26(31)29(38)39)19(2)15-21-6-8-22(32)9-7-21/h5-14,16,19H,15,17-18,34H2,1-4H3/b12-5+,14-11+,35-25-. The molecule has 0 radical (unpaired) electrons. The molecule has 0 spiro atoms. The first kappa shape index (κ1) is 28.4. The lowest BCUT2D eigenvalue weighted by molar-refractivity contribution is 0.358. The predicted octanol–water partition coefficient (Wildman–Crippen LogP) is 5.86. The molecule has 2 N–H and O–H groups in total. The van der Waals surface area contributed by atoms with Gasteiger partial charge in [0.2, 0.25) is 0 Å². The van der Waals surface area contributed by atoms with Gasteiger partial charge in [-0.1, -0.05) is 36.7 Å². The smallest absolute Gasteiger partial charge is 0.273 e. The third-order valence-electron chi connectivity index (χ3n) is 6.69. The van der Waals surface area contributed by atoms with Gasteiger partial charge in [-0.05, 0) is 74.6 Å². The first-order valence-electron chi connectivity index (χ1n) is 12.7. The molecule has 204 valence electrons. The van der Waals surface area contributed by atoms with Crippen molar-refractivity contribution in [2.45, 2.75) is 45.6 Å². The van der Waals surface area contributed by atoms with Crippen LogP contribution in [0.5, 0.6) is 0 Å². The molecule has 1 saturated heterocycles. The van der Waals surface area contributed by atoms with Gasteiger partial charge >= 0.3 is 0 Å². The molecule has 6 nitrogen and oxygen atoms in total. The van der Waals surface area contributed by atoms with Crippen LogP contribution in [-0.2, 0) is 6.42 Å². The molecule has 2 aromatic heterocycles. The van der Waals surface area contributed by atoms with Crippen molar-refractivity contribution < 1.29 is 8.78 Å². The Kier molecular flexibility index (Phi) is 8.47. The van der Waals surface area contributed by atoms with E-state index in [4.69, 9.17) is 17.3 Å². The number of hydrogen-bond acceptors (Lipinski definition) is 5. The minimum absolute atomic E-state index is 0.0685. The highest BCUT2D eigenvalue weighted by atomic mass is 35.5. The Morgan fingerprint density at radius 3 is 2.59 bits per heavy atom. The summed E-state index contributed by atoms with van der Waals surface area (Å²) >= 11 is 6.55. The molecule has 1 unspecified atom stereocenters. The minimum atomic E-state index is -0.507. The first-order chi connectivity index (χ1) is 18.5. The fourth-order valence-corrected chi connectivity index (χ4v) is 5.04. The lowest BCUT2D eigenvalue weighted by atomic mass is 9.93. The maximum absolute atomic E-state index is 15.6. The Hall–Kier alpha value is -3.62. The van der Waals surface area contributed by atoms with E-state index in [9.17, 15) is 9.18 Å². The van der Waals surface area contributed by atoms with Crippen molar-refractivity contribution >= 4 is 29.3 Å². The molecule has 0 amide bonds. The van der Waals surface area contributed by atoms with Crippen molar-refractivity contribution in [1.82, 2.24) is 9.55 Å². The van der Waals surface area contributed by atoms with Gasteiger partial charge in [0.1, 0.15) is 10.8 Å². The van der Waals surface area contributed by atoms with E-state index in [1.807, 2.05) is 26.8 Å². The zero-order valence-electron chi connectivity index (χ0n) is 22.5. The van der Waals surface area contributed by atoms with Gasteiger partial charge in [-0.3, -0.25) is 14.4 Å². The Bertz CT molecular complexity index is 1500. The summed E-state index contributed by atoms with van der Waals surface area (Å²) in [4.78, 5) is 23.7. The monoisotopic (exact) mass is 551 g/mol. The number of nitrogens with two attached hydrogens (primary N) is 1. The fourth-order valence-electron chi connectivity index (χ4n) is 4.70. The second-order valence-corrected chi connectivity index (χ2v) is 10.7. The Morgan fingerprint density at radius 2 is 1.95 bits per heavy atom. The highest BCUT2D eigenvalue weighted by Crippen LogP contribution is 2.29. The van der Waals surface area contributed by atoms with Crippen LogP contribution in [0.4, 0.5) is 14.6 Å². The highest BCUT2D eigenvalue weighted by Gasteiger charge is 2.37. The van der Waals surface area contributed by atoms with Crippen LogP contribution >= 0.6 is 11.6 Å². The number of hydrogen-bond donors (Lipinski definition) is 1. The molecule has 0 saturated carbocycles. The van der Waals surface area contributed by atoms with E-state index in [1.165, 1.54) is 22.9 Å². The summed E-state index contributed by atoms with van der Waals surface area (Å²) in [5, 5.41) is 0.104. The van der Waals surface area contributed by atoms with E-state index in [0.29, 0.717) is 36.5 Å². The van der Waals surface area contributed by atoms with Crippen LogP contribution in [0.1, 0.15) is 49.1 Å². The number of aliphatic imine (C=N–C) groups is 1. The summed E-state index contributed by atoms with van der Waals surface area (Å²) in [5.74, 6) is -0.657. The van der Waals surface area contributed by atoms with Crippen LogP contribution in [-0.4, -0.2) is 33.9 Å². The van der Waals surface area contributed by atoms with Gasteiger partial charge in [0, 0.05) is 48.5 Å². The quantitative estimate of drug-likeness (QED) is 0.356. The Morgan fingerprint density at radius 1 is 1.26 bits per heavy atom. The summed E-state index contributed by atoms with van der Waals surface area (Å²) in [5.41, 5.74) is 8.21. The average molecular weight is 552 g/mol. The van der Waals surface area contributed by atoms with Gasteiger partial charge in [-0.15, -0.1) is 0 Å². The molecule has 0 bridgehead atoms. The number of aromatic nitrogens is 2. The molecule has 1 aliphatic rings. The topological polar surface area (TPSA) is 76.5 Å². The summed E-state index contributed by atoms with van der Waals surface area (Å²) in [6.45, 7) is 8.49. The van der Waals surface area contributed by atoms with Crippen LogP contribution < -0.4 is 16.2 Å². The lowest BCUT2D eigenvalue weighted by Crippen LogP contribution is -2.66. The van der Waals surface area contributed by atoms with Crippen molar-refractivity contribution in [2.75, 3.05) is 18.0 Å². The molecular formula is C30H32ClF2N5O. The zero-order valence-corrected chi connectivity index (χ0v) is 23.2. The first-order valence-corrected chi connectivity index (χ1v) is 13.1. The van der Waals surface area contributed by atoms with Crippen molar-refractivity contribution in [2.24, 2.45) is 10.7 Å². The van der Waals surface area contributed by atoms with E-state index in [0.717, 1.165) is 5.56 Å². The zero-order chi connectivity index (χ0) is 28.3. The number of nitrogens with zero attached hydrogens (tertiary/aromatic N) is 4. The molecule has 3 heterocycles. The maximum Gasteiger partial charge on any atom is 0.273 e. The van der Waals surface area contributed by atoms with Crippen molar-refractivity contribution in [3.8, 4) is 0 Å². The number of anilines is 1. The molecule has 1 fully saturated rings. The van der Waals surface area contributed by atoms with Crippen LogP contribution in [0, 0.1) is 18.6 Å². The van der Waals surface area contributed by atoms with Crippen molar-refractivity contribution in [3.05, 3.63) is 110 Å². The lowest BCUT2D eigenvalue weighted by Gasteiger charge is -2.46. The number of rotatable bonds is 8. The predicted molar refractivity (Wildman–Crippen MR) is 155 cm³/mol. The summed E-state index contributed by atoms with van der Waals surface area (Å²) in [6, 6.07) is 9.69. The summed E-state index contributed by atoms with van der Waals surface area (Å²) in [6.07, 6.45) is 8.54. The molecular weight excluding hydrogens is 520 g/mol. The third kappa shape index (κ3) is 6.34. The Balaban J connectivity index is 1.65. The van der Waals surface area contributed by atoms with Crippen LogP contribution in [0.15, 0.2) is 70.7 Å². The van der Waals surface area contributed by atoms with Crippen molar-refractivity contribution in [1.29, 1.82) is 0 Å². The van der Waals surface area contributed by atoms with Gasteiger partial charge in [0.25, 0.3) is 5.56 Å². The summed E-state index contributed by atoms with van der Waals surface area (Å²) in [7, 11) is 0. The number of halogens is 3. The largest absolute Gasteiger partial charge is 0.350 e. The number of benzene rings is 1. The van der Waals surface area contributed by atoms with Crippen LogP contribution in [0.2, 0.25) is 5.02 Å². The van der Waals surface area contributed by atoms with E-state index < -0.39 is 11.4 Å². The van der Waals surface area contributed by atoms with Gasteiger partial charge in [0.05, 0.1) is 5.71 Å². The molecule has 0 aliphatic carbocycles. The molecule has 1 aromatic carbocycles. The second-order valence-electron chi connectivity index (χ2n) is 10.3. The molecule has 9 heteroatoms. The van der Waals surface area contributed by atoms with E-state index >= 15 is 4.39 Å². The van der Waals surface area contributed by atoms with Gasteiger partial charge < -0.3 is 10.6 Å². The van der Waals surface area contributed by atoms with E-state index in [-0.39, 0.29) is 33.7 Å². The molecule has 1 atom stereocenters. The third-order valence-corrected chi connectivity index (χ3v) is 7.06. The van der Waals surface area contributed by atoms with Crippen molar-refractivity contribution in [3.63, 3.8) is 0 Å². The second kappa shape index (κ2) is 11.6. The molecule has 1 aliphatic heterocycles. The normalized spacial score (nSPS) is 16.2. The van der Waals surface area contributed by atoms with Crippen LogP contribution in [0.25, 0.3) is 6.20 Å². The fraction of sp³-hybridized carbons (Fsp3) is 0.300. The Labute approximate surface area is 232 Å². The highest BCUT2D eigenvalue weighted by molar-refractivity contribution is 6.31. The SMILES string of the molecule is C/C=C/N=C(/C=C/n1c(C)cc(C(C)Cc2ccc(F)cc2)c(Cl)c1=O)c1ccnc(N2CC(C)(N)C2)c1F. The number of pyridine rings is 2. The maximum atomic E-state index is 15.6. The number of allylic oxidation sites excluding steroid dienone is 2. The van der Waals surface area contributed by atoms with Gasteiger partial charge in [-0.25, -0.2) is 13.8 Å². The molecule has 4 rings (SSSR count). The van der Waals surface area contributed by atoms with Crippen LogP contribution in [0.3, 0.4) is 0 Å². The average Bonchev–Trinajstić information content (AvgIpc) is 2.88. The van der Waals surface area contributed by atoms with E-state index in [1.54, 1.807) is 54.6 Å². The van der Waals surface area contributed by atoms with Gasteiger partial charge in [-0.2, -0.15) is 0 Å².